The zero-order valence-corrected chi connectivity index (χ0v) is 17.5. The number of amides is 1. The van der Waals surface area contributed by atoms with E-state index >= 15 is 0 Å². The topological polar surface area (TPSA) is 85.8 Å². The molecule has 1 saturated carbocycles. The minimum absolute atomic E-state index is 0.0772. The predicted octanol–water partition coefficient (Wildman–Crippen LogP) is 2.42. The molecule has 5 rings (SSSR count). The smallest absolute Gasteiger partial charge is 0.225 e. The maximum absolute atomic E-state index is 12.3. The molecule has 3 heterocycles. The lowest BCUT2D eigenvalue weighted by Crippen LogP contribution is -2.49. The highest BCUT2D eigenvalue weighted by atomic mass is 16.5. The van der Waals surface area contributed by atoms with Gasteiger partial charge in [-0.25, -0.2) is 4.99 Å². The maximum atomic E-state index is 12.3. The third-order valence-electron chi connectivity index (χ3n) is 5.84. The van der Waals surface area contributed by atoms with Crippen molar-refractivity contribution < 1.29 is 9.53 Å². The first kappa shape index (κ1) is 19.0. The van der Waals surface area contributed by atoms with Crippen LogP contribution in [0.15, 0.2) is 35.1 Å². The van der Waals surface area contributed by atoms with Crippen LogP contribution in [0.3, 0.4) is 0 Å². The number of aliphatic imine (C=N–C) groups is 1. The number of carbonyl (C=O) groups is 1. The fraction of sp³-hybridized carbons (Fsp3) is 0.500. The van der Waals surface area contributed by atoms with Gasteiger partial charge in [-0.05, 0) is 51.0 Å². The number of carbonyl (C=O) groups excluding carboxylic acids is 1. The normalized spacial score (nSPS) is 21.7. The van der Waals surface area contributed by atoms with Crippen LogP contribution >= 0.6 is 0 Å². The van der Waals surface area contributed by atoms with E-state index in [1.807, 2.05) is 36.9 Å². The number of nitrogens with one attached hydrogen (secondary N) is 2. The van der Waals surface area contributed by atoms with Gasteiger partial charge in [0.15, 0.2) is 0 Å². The van der Waals surface area contributed by atoms with E-state index in [0.717, 1.165) is 67.2 Å². The van der Waals surface area contributed by atoms with Crippen LogP contribution < -0.4 is 10.1 Å². The van der Waals surface area contributed by atoms with E-state index in [1.165, 1.54) is 0 Å². The van der Waals surface area contributed by atoms with Gasteiger partial charge in [0.25, 0.3) is 0 Å². The zero-order valence-electron chi connectivity index (χ0n) is 17.5. The van der Waals surface area contributed by atoms with Gasteiger partial charge in [0.2, 0.25) is 5.91 Å². The fourth-order valence-corrected chi connectivity index (χ4v) is 4.11. The van der Waals surface area contributed by atoms with Crippen molar-refractivity contribution in [3.8, 4) is 5.75 Å². The highest BCUT2D eigenvalue weighted by molar-refractivity contribution is 5.84. The number of hydrogen-bond acceptors (Lipinski definition) is 6. The Morgan fingerprint density at radius 2 is 2.00 bits per heavy atom. The van der Waals surface area contributed by atoms with Gasteiger partial charge >= 0.3 is 0 Å². The minimum Gasteiger partial charge on any atom is -0.491 e. The number of ether oxygens (including phenoxy) is 1. The molecule has 2 aliphatic heterocycles. The summed E-state index contributed by atoms with van der Waals surface area (Å²) in [5.74, 6) is 2.39. The van der Waals surface area contributed by atoms with Crippen molar-refractivity contribution in [2.45, 2.75) is 38.8 Å². The molecule has 30 heavy (non-hydrogen) atoms. The summed E-state index contributed by atoms with van der Waals surface area (Å²) in [4.78, 5) is 21.1. The summed E-state index contributed by atoms with van der Waals surface area (Å²) in [6.07, 6.45) is 6.10. The summed E-state index contributed by atoms with van der Waals surface area (Å²) in [6, 6.07) is 5.93. The number of H-pyrrole nitrogens is 1. The van der Waals surface area contributed by atoms with Crippen molar-refractivity contribution in [2.24, 2.45) is 10.9 Å². The van der Waals surface area contributed by atoms with Crippen molar-refractivity contribution in [3.63, 3.8) is 0 Å². The Balaban J connectivity index is 1.32. The summed E-state index contributed by atoms with van der Waals surface area (Å²) >= 11 is 0. The molecule has 1 atom stereocenters. The minimum atomic E-state index is -0.0772. The quantitative estimate of drug-likeness (QED) is 0.794. The van der Waals surface area contributed by atoms with Crippen molar-refractivity contribution >= 4 is 23.1 Å². The van der Waals surface area contributed by atoms with Crippen LogP contribution in [0.5, 0.6) is 5.75 Å². The molecule has 2 fully saturated rings. The highest BCUT2D eigenvalue weighted by Gasteiger charge is 2.35. The molecule has 1 aromatic carbocycles. The van der Waals surface area contributed by atoms with Crippen LogP contribution in [-0.4, -0.2) is 64.5 Å². The number of hydrogen-bond donors (Lipinski definition) is 2. The zero-order chi connectivity index (χ0) is 20.7. The van der Waals surface area contributed by atoms with Gasteiger partial charge < -0.3 is 19.9 Å². The molecule has 1 saturated heterocycles. The Kier molecular flexibility index (Phi) is 4.84. The molecular formula is C22H28N6O2. The van der Waals surface area contributed by atoms with E-state index < -0.39 is 0 Å². The maximum Gasteiger partial charge on any atom is 0.225 e. The van der Waals surface area contributed by atoms with E-state index in [9.17, 15) is 4.79 Å². The van der Waals surface area contributed by atoms with Crippen LogP contribution in [0.25, 0.3) is 10.9 Å². The molecule has 158 valence electrons. The van der Waals surface area contributed by atoms with Gasteiger partial charge in [-0.1, -0.05) is 0 Å². The molecule has 2 aromatic rings. The van der Waals surface area contributed by atoms with Crippen LogP contribution in [0.4, 0.5) is 0 Å². The molecule has 1 unspecified atom stereocenters. The lowest BCUT2D eigenvalue weighted by atomic mass is 10.1. The average Bonchev–Trinajstić information content (AvgIpc) is 3.52. The third-order valence-corrected chi connectivity index (χ3v) is 5.84. The standard InChI is InChI=1S/C22H28N6O2/c1-14(2)30-16-5-6-18-17(11-16)21(26-25-18)19-12-20(24-13-23-19)27-7-9-28(10-8-27)22(29)15-3-4-15/h5-6,11-15,19H,3-4,7-10H2,1-2H3,(H,23,24)(H,25,26). The van der Waals surface area contributed by atoms with Gasteiger partial charge in [0.1, 0.15) is 11.6 Å². The summed E-state index contributed by atoms with van der Waals surface area (Å²) in [6.45, 7) is 7.19. The number of aromatic amines is 1. The number of rotatable bonds is 5. The van der Waals surface area contributed by atoms with Crippen molar-refractivity contribution in [1.82, 2.24) is 25.3 Å². The Morgan fingerprint density at radius 3 is 2.73 bits per heavy atom. The molecule has 2 N–H and O–H groups in total. The Labute approximate surface area is 176 Å². The van der Waals surface area contributed by atoms with E-state index in [-0.39, 0.29) is 18.1 Å². The van der Waals surface area contributed by atoms with Crippen molar-refractivity contribution in [2.75, 3.05) is 26.2 Å². The summed E-state index contributed by atoms with van der Waals surface area (Å²) in [5.41, 5.74) is 1.90. The second-order valence-electron chi connectivity index (χ2n) is 8.50. The Morgan fingerprint density at radius 1 is 1.20 bits per heavy atom. The summed E-state index contributed by atoms with van der Waals surface area (Å²) < 4.78 is 5.86. The lowest BCUT2D eigenvalue weighted by molar-refractivity contribution is -0.134. The lowest BCUT2D eigenvalue weighted by Gasteiger charge is -2.37. The van der Waals surface area contributed by atoms with E-state index in [1.54, 1.807) is 6.34 Å². The molecule has 1 aliphatic carbocycles. The van der Waals surface area contributed by atoms with Crippen LogP contribution in [0, 0.1) is 5.92 Å². The van der Waals surface area contributed by atoms with Gasteiger partial charge in [-0.3, -0.25) is 9.89 Å². The number of fused-ring (bicyclic) bond motifs is 1. The van der Waals surface area contributed by atoms with Crippen molar-refractivity contribution in [3.05, 3.63) is 35.8 Å². The van der Waals surface area contributed by atoms with E-state index in [4.69, 9.17) is 4.74 Å². The Hall–Kier alpha value is -3.03. The first-order chi connectivity index (χ1) is 14.6. The SMILES string of the molecule is CC(C)Oc1ccc2[nH]nc(C3C=C(N4CCN(C(=O)C5CC5)CC4)N=CN3)c2c1. The van der Waals surface area contributed by atoms with Gasteiger partial charge in [-0.15, -0.1) is 0 Å². The second-order valence-corrected chi connectivity index (χ2v) is 8.50. The highest BCUT2D eigenvalue weighted by Crippen LogP contribution is 2.32. The largest absolute Gasteiger partial charge is 0.491 e. The first-order valence-corrected chi connectivity index (χ1v) is 10.8. The molecule has 0 bridgehead atoms. The van der Waals surface area contributed by atoms with Crippen molar-refractivity contribution in [1.29, 1.82) is 0 Å². The molecule has 3 aliphatic rings. The second kappa shape index (κ2) is 7.66. The number of piperazine rings is 1. The number of aromatic nitrogens is 2. The Bertz CT molecular complexity index is 998. The van der Waals surface area contributed by atoms with E-state index in [0.29, 0.717) is 5.91 Å². The van der Waals surface area contributed by atoms with Gasteiger partial charge in [-0.2, -0.15) is 5.10 Å². The average molecular weight is 409 g/mol. The summed E-state index contributed by atoms with van der Waals surface area (Å²) in [7, 11) is 0. The molecular weight excluding hydrogens is 380 g/mol. The summed E-state index contributed by atoms with van der Waals surface area (Å²) in [5, 5.41) is 12.0. The fourth-order valence-electron chi connectivity index (χ4n) is 4.11. The first-order valence-electron chi connectivity index (χ1n) is 10.8. The molecule has 1 amide bonds. The molecule has 0 radical (unpaired) electrons. The molecule has 0 spiro atoms. The molecule has 8 nitrogen and oxygen atoms in total. The monoisotopic (exact) mass is 408 g/mol. The van der Waals surface area contributed by atoms with Crippen LogP contribution in [0.1, 0.15) is 38.4 Å². The number of benzene rings is 1. The number of nitrogens with zero attached hydrogens (tertiary/aromatic N) is 4. The van der Waals surface area contributed by atoms with Crippen LogP contribution in [0.2, 0.25) is 0 Å². The molecule has 8 heteroatoms. The van der Waals surface area contributed by atoms with Crippen LogP contribution in [-0.2, 0) is 4.79 Å². The predicted molar refractivity (Wildman–Crippen MR) is 115 cm³/mol. The third kappa shape index (κ3) is 3.74. The van der Waals surface area contributed by atoms with Gasteiger partial charge in [0, 0.05) is 37.5 Å². The molecule has 1 aromatic heterocycles. The van der Waals surface area contributed by atoms with E-state index in [2.05, 4.69) is 31.5 Å². The van der Waals surface area contributed by atoms with Gasteiger partial charge in [0.05, 0.1) is 29.7 Å².